The van der Waals surface area contributed by atoms with Crippen LogP contribution in [0.5, 0.6) is 0 Å². The van der Waals surface area contributed by atoms with E-state index in [1.54, 1.807) is 0 Å². The molecule has 90 valence electrons. The lowest BCUT2D eigenvalue weighted by Crippen LogP contribution is -2.06. The third-order valence-electron chi connectivity index (χ3n) is 2.86. The monoisotopic (exact) mass is 230 g/mol. The highest BCUT2D eigenvalue weighted by Crippen LogP contribution is 2.06. The SMILES string of the molecule is Cc1nnc(CCCNc2ccccc2)n1C. The molecule has 4 heteroatoms. The number of nitrogens with one attached hydrogen (secondary N) is 1. The second kappa shape index (κ2) is 5.48. The summed E-state index contributed by atoms with van der Waals surface area (Å²) in [6, 6.07) is 10.2. The molecule has 1 aromatic carbocycles. The fourth-order valence-electron chi connectivity index (χ4n) is 1.70. The van der Waals surface area contributed by atoms with E-state index in [4.69, 9.17) is 0 Å². The first-order valence-electron chi connectivity index (χ1n) is 5.91. The average molecular weight is 230 g/mol. The maximum atomic E-state index is 4.15. The van der Waals surface area contributed by atoms with Gasteiger partial charge in [-0.15, -0.1) is 10.2 Å². The van der Waals surface area contributed by atoms with E-state index >= 15 is 0 Å². The number of nitrogens with zero attached hydrogens (tertiary/aromatic N) is 3. The Bertz CT molecular complexity index is 462. The van der Waals surface area contributed by atoms with Gasteiger partial charge in [-0.05, 0) is 25.5 Å². The number of para-hydroxylation sites is 1. The minimum Gasteiger partial charge on any atom is -0.385 e. The Morgan fingerprint density at radius 3 is 2.59 bits per heavy atom. The van der Waals surface area contributed by atoms with Gasteiger partial charge in [0.25, 0.3) is 0 Å². The topological polar surface area (TPSA) is 42.7 Å². The molecule has 0 radical (unpaired) electrons. The number of hydrogen-bond acceptors (Lipinski definition) is 3. The second-order valence-corrected chi connectivity index (χ2v) is 4.12. The van der Waals surface area contributed by atoms with E-state index < -0.39 is 0 Å². The number of anilines is 1. The Labute approximate surface area is 102 Å². The minimum absolute atomic E-state index is 0.954. The van der Waals surface area contributed by atoms with Crippen molar-refractivity contribution in [2.45, 2.75) is 19.8 Å². The molecule has 0 aliphatic heterocycles. The van der Waals surface area contributed by atoms with Gasteiger partial charge in [0.1, 0.15) is 11.6 Å². The Kier molecular flexibility index (Phi) is 3.75. The Morgan fingerprint density at radius 1 is 1.18 bits per heavy atom. The summed E-state index contributed by atoms with van der Waals surface area (Å²) in [5.41, 5.74) is 1.17. The van der Waals surface area contributed by atoms with Crippen LogP contribution < -0.4 is 5.32 Å². The molecule has 4 nitrogen and oxygen atoms in total. The van der Waals surface area contributed by atoms with Crippen molar-refractivity contribution < 1.29 is 0 Å². The maximum Gasteiger partial charge on any atom is 0.132 e. The highest BCUT2D eigenvalue weighted by atomic mass is 15.3. The zero-order valence-corrected chi connectivity index (χ0v) is 10.3. The molecule has 0 saturated carbocycles. The zero-order chi connectivity index (χ0) is 12.1. The first kappa shape index (κ1) is 11.6. The summed E-state index contributed by atoms with van der Waals surface area (Å²) in [7, 11) is 2.01. The van der Waals surface area contributed by atoms with Gasteiger partial charge < -0.3 is 9.88 Å². The van der Waals surface area contributed by atoms with Gasteiger partial charge in [0.05, 0.1) is 0 Å². The van der Waals surface area contributed by atoms with E-state index in [0.29, 0.717) is 0 Å². The lowest BCUT2D eigenvalue weighted by molar-refractivity contribution is 0.730. The van der Waals surface area contributed by atoms with Crippen molar-refractivity contribution in [3.05, 3.63) is 42.0 Å². The molecule has 1 aromatic heterocycles. The largest absolute Gasteiger partial charge is 0.385 e. The number of aryl methyl sites for hydroxylation is 2. The molecule has 0 aliphatic carbocycles. The molecule has 2 rings (SSSR count). The van der Waals surface area contributed by atoms with Crippen LogP contribution >= 0.6 is 0 Å². The lowest BCUT2D eigenvalue weighted by atomic mass is 10.2. The van der Waals surface area contributed by atoms with Gasteiger partial charge in [-0.3, -0.25) is 0 Å². The van der Waals surface area contributed by atoms with Gasteiger partial charge in [0, 0.05) is 25.7 Å². The average Bonchev–Trinajstić information content (AvgIpc) is 2.67. The second-order valence-electron chi connectivity index (χ2n) is 4.12. The first-order chi connectivity index (χ1) is 8.27. The van der Waals surface area contributed by atoms with Crippen molar-refractivity contribution >= 4 is 5.69 Å². The van der Waals surface area contributed by atoms with E-state index in [1.165, 1.54) is 5.69 Å². The predicted octanol–water partition coefficient (Wildman–Crippen LogP) is 2.17. The minimum atomic E-state index is 0.954. The van der Waals surface area contributed by atoms with Crippen LogP contribution in [0.15, 0.2) is 30.3 Å². The summed E-state index contributed by atoms with van der Waals surface area (Å²) in [6.45, 7) is 2.93. The summed E-state index contributed by atoms with van der Waals surface area (Å²) < 4.78 is 2.04. The van der Waals surface area contributed by atoms with Crippen LogP contribution in [-0.4, -0.2) is 21.3 Å². The zero-order valence-electron chi connectivity index (χ0n) is 10.3. The van der Waals surface area contributed by atoms with Crippen molar-refractivity contribution in [2.24, 2.45) is 7.05 Å². The van der Waals surface area contributed by atoms with Crippen molar-refractivity contribution in [2.75, 3.05) is 11.9 Å². The van der Waals surface area contributed by atoms with Gasteiger partial charge in [-0.25, -0.2) is 0 Å². The van der Waals surface area contributed by atoms with Crippen LogP contribution in [0.2, 0.25) is 0 Å². The molecule has 0 unspecified atom stereocenters. The molecule has 0 atom stereocenters. The normalized spacial score (nSPS) is 10.5. The van der Waals surface area contributed by atoms with Crippen molar-refractivity contribution in [1.82, 2.24) is 14.8 Å². The quantitative estimate of drug-likeness (QED) is 0.800. The highest BCUT2D eigenvalue weighted by Gasteiger charge is 2.03. The van der Waals surface area contributed by atoms with Gasteiger partial charge in [-0.1, -0.05) is 18.2 Å². The molecule has 1 heterocycles. The number of aromatic nitrogens is 3. The lowest BCUT2D eigenvalue weighted by Gasteiger charge is -2.05. The summed E-state index contributed by atoms with van der Waals surface area (Å²) in [4.78, 5) is 0. The molecular formula is C13H18N4. The predicted molar refractivity (Wildman–Crippen MR) is 69.0 cm³/mol. The fraction of sp³-hybridized carbons (Fsp3) is 0.385. The molecule has 2 aromatic rings. The molecule has 0 bridgehead atoms. The third kappa shape index (κ3) is 3.06. The van der Waals surface area contributed by atoms with Crippen LogP contribution in [0, 0.1) is 6.92 Å². The van der Waals surface area contributed by atoms with E-state index in [9.17, 15) is 0 Å². The molecule has 0 spiro atoms. The van der Waals surface area contributed by atoms with E-state index in [1.807, 2.05) is 36.7 Å². The molecule has 0 fully saturated rings. The van der Waals surface area contributed by atoms with Crippen LogP contribution in [0.25, 0.3) is 0 Å². The number of rotatable bonds is 5. The molecule has 1 N–H and O–H groups in total. The Balaban J connectivity index is 1.75. The highest BCUT2D eigenvalue weighted by molar-refractivity contribution is 5.42. The summed E-state index contributed by atoms with van der Waals surface area (Å²) >= 11 is 0. The number of benzene rings is 1. The van der Waals surface area contributed by atoms with Gasteiger partial charge in [0.15, 0.2) is 0 Å². The summed E-state index contributed by atoms with van der Waals surface area (Å²) in [6.07, 6.45) is 2.01. The van der Waals surface area contributed by atoms with Crippen LogP contribution in [0.1, 0.15) is 18.1 Å². The van der Waals surface area contributed by atoms with Gasteiger partial charge >= 0.3 is 0 Å². The molecule has 0 amide bonds. The maximum absolute atomic E-state index is 4.15. The van der Waals surface area contributed by atoms with E-state index in [2.05, 4.69) is 27.6 Å². The van der Waals surface area contributed by atoms with E-state index in [-0.39, 0.29) is 0 Å². The molecule has 17 heavy (non-hydrogen) atoms. The molecule has 0 aliphatic rings. The van der Waals surface area contributed by atoms with Crippen molar-refractivity contribution in [3.63, 3.8) is 0 Å². The van der Waals surface area contributed by atoms with Crippen LogP contribution in [-0.2, 0) is 13.5 Å². The van der Waals surface area contributed by atoms with Crippen LogP contribution in [0.3, 0.4) is 0 Å². The summed E-state index contributed by atoms with van der Waals surface area (Å²) in [5.74, 6) is 2.02. The fourth-order valence-corrected chi connectivity index (χ4v) is 1.70. The Morgan fingerprint density at radius 2 is 1.94 bits per heavy atom. The van der Waals surface area contributed by atoms with Gasteiger partial charge in [-0.2, -0.15) is 0 Å². The van der Waals surface area contributed by atoms with Crippen molar-refractivity contribution in [3.8, 4) is 0 Å². The standard InChI is InChI=1S/C13H18N4/c1-11-15-16-13(17(11)2)9-6-10-14-12-7-4-3-5-8-12/h3-5,7-8,14H,6,9-10H2,1-2H3. The number of hydrogen-bond donors (Lipinski definition) is 1. The van der Waals surface area contributed by atoms with Crippen LogP contribution in [0.4, 0.5) is 5.69 Å². The van der Waals surface area contributed by atoms with E-state index in [0.717, 1.165) is 31.0 Å². The van der Waals surface area contributed by atoms with Crippen molar-refractivity contribution in [1.29, 1.82) is 0 Å². The van der Waals surface area contributed by atoms with Gasteiger partial charge in [0.2, 0.25) is 0 Å². The Hall–Kier alpha value is -1.84. The molecule has 0 saturated heterocycles. The molecular weight excluding hydrogens is 212 g/mol. The third-order valence-corrected chi connectivity index (χ3v) is 2.86. The summed E-state index contributed by atoms with van der Waals surface area (Å²) in [5, 5.41) is 11.6. The first-order valence-corrected chi connectivity index (χ1v) is 5.91. The smallest absolute Gasteiger partial charge is 0.132 e.